The Bertz CT molecular complexity index is 826. The van der Waals surface area contributed by atoms with Gasteiger partial charge in [0.25, 0.3) is 0 Å². The Morgan fingerprint density at radius 2 is 1.93 bits per heavy atom. The van der Waals surface area contributed by atoms with Crippen molar-refractivity contribution in [2.24, 2.45) is 4.99 Å². The highest BCUT2D eigenvalue weighted by Crippen LogP contribution is 2.33. The molecule has 0 amide bonds. The highest BCUT2D eigenvalue weighted by molar-refractivity contribution is 14.0. The summed E-state index contributed by atoms with van der Waals surface area (Å²) >= 11 is 0. The molecule has 0 saturated carbocycles. The van der Waals surface area contributed by atoms with E-state index < -0.39 is 0 Å². The molecule has 0 bridgehead atoms. The average Bonchev–Trinajstić information content (AvgIpc) is 2.71. The van der Waals surface area contributed by atoms with Gasteiger partial charge in [-0.15, -0.1) is 24.0 Å². The third-order valence-electron chi connectivity index (χ3n) is 5.04. The summed E-state index contributed by atoms with van der Waals surface area (Å²) < 4.78 is 10.9. The van der Waals surface area contributed by atoms with E-state index in [0.29, 0.717) is 0 Å². The van der Waals surface area contributed by atoms with Crippen molar-refractivity contribution < 1.29 is 9.47 Å². The Kier molecular flexibility index (Phi) is 8.35. The van der Waals surface area contributed by atoms with Crippen LogP contribution in [0.2, 0.25) is 0 Å². The van der Waals surface area contributed by atoms with Crippen molar-refractivity contribution in [3.05, 3.63) is 52.8 Å². The SMILES string of the molecule is CN=C(NCCc1ccncc1C)N1CCc2cc(OC)c(OC)cc2C1.I. The van der Waals surface area contributed by atoms with E-state index >= 15 is 0 Å². The largest absolute Gasteiger partial charge is 0.493 e. The van der Waals surface area contributed by atoms with Gasteiger partial charge in [0.1, 0.15) is 0 Å². The maximum atomic E-state index is 5.45. The molecule has 28 heavy (non-hydrogen) atoms. The van der Waals surface area contributed by atoms with E-state index in [0.717, 1.165) is 49.9 Å². The lowest BCUT2D eigenvalue weighted by Crippen LogP contribution is -2.44. The molecule has 0 aliphatic carbocycles. The molecule has 3 rings (SSSR count). The van der Waals surface area contributed by atoms with Crippen molar-refractivity contribution in [2.45, 2.75) is 26.3 Å². The molecule has 152 valence electrons. The topological polar surface area (TPSA) is 59.0 Å². The number of methoxy groups -OCH3 is 2. The normalized spacial score (nSPS) is 13.4. The first-order valence-corrected chi connectivity index (χ1v) is 9.25. The maximum absolute atomic E-state index is 5.45. The van der Waals surface area contributed by atoms with Gasteiger partial charge < -0.3 is 19.7 Å². The Morgan fingerprint density at radius 3 is 2.57 bits per heavy atom. The van der Waals surface area contributed by atoms with Gasteiger partial charge in [0.2, 0.25) is 0 Å². The number of hydrogen-bond acceptors (Lipinski definition) is 4. The highest BCUT2D eigenvalue weighted by Gasteiger charge is 2.21. The molecule has 0 radical (unpaired) electrons. The van der Waals surface area contributed by atoms with E-state index in [1.54, 1.807) is 14.2 Å². The average molecular weight is 496 g/mol. The van der Waals surface area contributed by atoms with Gasteiger partial charge in [0.15, 0.2) is 17.5 Å². The zero-order valence-electron chi connectivity index (χ0n) is 17.0. The molecule has 0 unspecified atom stereocenters. The third-order valence-corrected chi connectivity index (χ3v) is 5.04. The molecule has 1 aliphatic heterocycles. The van der Waals surface area contributed by atoms with Crippen LogP contribution >= 0.6 is 24.0 Å². The summed E-state index contributed by atoms with van der Waals surface area (Å²) in [6, 6.07) is 6.25. The molecule has 7 heteroatoms. The molecule has 0 fully saturated rings. The molecule has 2 heterocycles. The van der Waals surface area contributed by atoms with Crippen molar-refractivity contribution in [1.82, 2.24) is 15.2 Å². The predicted molar refractivity (Wildman–Crippen MR) is 123 cm³/mol. The second-order valence-corrected chi connectivity index (χ2v) is 6.67. The zero-order chi connectivity index (χ0) is 19.2. The summed E-state index contributed by atoms with van der Waals surface area (Å²) in [5, 5.41) is 3.50. The van der Waals surface area contributed by atoms with Gasteiger partial charge in [-0.05, 0) is 60.2 Å². The first kappa shape index (κ1) is 22.3. The van der Waals surface area contributed by atoms with Gasteiger partial charge in [-0.2, -0.15) is 0 Å². The highest BCUT2D eigenvalue weighted by atomic mass is 127. The summed E-state index contributed by atoms with van der Waals surface area (Å²) in [7, 11) is 5.19. The Labute approximate surface area is 184 Å². The zero-order valence-corrected chi connectivity index (χ0v) is 19.3. The second kappa shape index (κ2) is 10.5. The van der Waals surface area contributed by atoms with E-state index in [4.69, 9.17) is 9.47 Å². The number of aliphatic imine (C=N–C) groups is 1. The minimum absolute atomic E-state index is 0. The van der Waals surface area contributed by atoms with Crippen LogP contribution in [0.15, 0.2) is 35.6 Å². The van der Waals surface area contributed by atoms with Gasteiger partial charge in [-0.25, -0.2) is 0 Å². The molecular weight excluding hydrogens is 467 g/mol. The van der Waals surface area contributed by atoms with Crippen LogP contribution in [0.4, 0.5) is 0 Å². The Hall–Kier alpha value is -2.03. The van der Waals surface area contributed by atoms with Crippen LogP contribution in [0, 0.1) is 6.92 Å². The number of ether oxygens (including phenoxy) is 2. The lowest BCUT2D eigenvalue weighted by atomic mass is 9.99. The van der Waals surface area contributed by atoms with Gasteiger partial charge in [-0.1, -0.05) is 0 Å². The van der Waals surface area contributed by atoms with Crippen LogP contribution in [0.5, 0.6) is 11.5 Å². The first-order chi connectivity index (χ1) is 13.2. The fourth-order valence-electron chi connectivity index (χ4n) is 3.49. The number of nitrogens with one attached hydrogen (secondary N) is 1. The van der Waals surface area contributed by atoms with E-state index in [1.807, 2.05) is 19.4 Å². The number of benzene rings is 1. The number of aromatic nitrogens is 1. The van der Waals surface area contributed by atoms with Crippen LogP contribution in [0.3, 0.4) is 0 Å². The third kappa shape index (κ3) is 5.06. The minimum Gasteiger partial charge on any atom is -0.493 e. The number of halogens is 1. The second-order valence-electron chi connectivity index (χ2n) is 6.67. The predicted octanol–water partition coefficient (Wildman–Crippen LogP) is 3.20. The van der Waals surface area contributed by atoms with Crippen molar-refractivity contribution >= 4 is 29.9 Å². The van der Waals surface area contributed by atoms with Crippen LogP contribution < -0.4 is 14.8 Å². The Morgan fingerprint density at radius 1 is 1.21 bits per heavy atom. The van der Waals surface area contributed by atoms with Gasteiger partial charge in [-0.3, -0.25) is 9.98 Å². The first-order valence-electron chi connectivity index (χ1n) is 9.25. The minimum atomic E-state index is 0. The van der Waals surface area contributed by atoms with E-state index in [1.165, 1.54) is 22.3 Å². The van der Waals surface area contributed by atoms with Gasteiger partial charge in [0.05, 0.1) is 14.2 Å². The molecule has 1 aliphatic rings. The molecule has 0 saturated heterocycles. The fraction of sp³-hybridized carbons (Fsp3) is 0.429. The molecule has 1 N–H and O–H groups in total. The fourth-order valence-corrected chi connectivity index (χ4v) is 3.49. The molecule has 0 spiro atoms. The quantitative estimate of drug-likeness (QED) is 0.392. The van der Waals surface area contributed by atoms with Crippen LogP contribution in [0.1, 0.15) is 22.3 Å². The summed E-state index contributed by atoms with van der Waals surface area (Å²) in [6.07, 6.45) is 5.66. The monoisotopic (exact) mass is 496 g/mol. The van der Waals surface area contributed by atoms with Gasteiger partial charge in [0, 0.05) is 39.1 Å². The smallest absolute Gasteiger partial charge is 0.193 e. The van der Waals surface area contributed by atoms with Crippen molar-refractivity contribution in [2.75, 3.05) is 34.4 Å². The standard InChI is InChI=1S/C21H28N4O2.HI/c1-15-13-23-8-5-16(15)6-9-24-21(22-2)25-10-7-17-11-19(26-3)20(27-4)12-18(17)14-25;/h5,8,11-13H,6-7,9-10,14H2,1-4H3,(H,22,24);1H. The number of fused-ring (bicyclic) bond motifs is 1. The van der Waals surface area contributed by atoms with Gasteiger partial charge >= 0.3 is 0 Å². The molecule has 0 atom stereocenters. The van der Waals surface area contributed by atoms with Crippen LogP contribution in [-0.2, 0) is 19.4 Å². The summed E-state index contributed by atoms with van der Waals surface area (Å²) in [5.74, 6) is 2.50. The van der Waals surface area contributed by atoms with Crippen molar-refractivity contribution in [1.29, 1.82) is 0 Å². The van der Waals surface area contributed by atoms with E-state index in [-0.39, 0.29) is 24.0 Å². The summed E-state index contributed by atoms with van der Waals surface area (Å²) in [4.78, 5) is 10.9. The summed E-state index contributed by atoms with van der Waals surface area (Å²) in [5.41, 5.74) is 5.11. The number of nitrogens with zero attached hydrogens (tertiary/aromatic N) is 3. The number of guanidine groups is 1. The molecule has 2 aromatic rings. The maximum Gasteiger partial charge on any atom is 0.193 e. The van der Waals surface area contributed by atoms with Crippen molar-refractivity contribution in [3.63, 3.8) is 0 Å². The van der Waals surface area contributed by atoms with Crippen LogP contribution in [-0.4, -0.2) is 50.2 Å². The number of pyridine rings is 1. The molecular formula is C21H29IN4O2. The summed E-state index contributed by atoms with van der Waals surface area (Å²) in [6.45, 7) is 4.67. The lowest BCUT2D eigenvalue weighted by molar-refractivity contribution is 0.346. The lowest BCUT2D eigenvalue weighted by Gasteiger charge is -2.32. The van der Waals surface area contributed by atoms with E-state index in [9.17, 15) is 0 Å². The van der Waals surface area contributed by atoms with Crippen LogP contribution in [0.25, 0.3) is 0 Å². The number of aryl methyl sites for hydroxylation is 1. The number of hydrogen-bond donors (Lipinski definition) is 1. The molecule has 1 aromatic heterocycles. The van der Waals surface area contributed by atoms with Crippen molar-refractivity contribution in [3.8, 4) is 11.5 Å². The number of rotatable bonds is 5. The molecule has 1 aromatic carbocycles. The van der Waals surface area contributed by atoms with E-state index in [2.05, 4.69) is 45.3 Å². The molecule has 6 nitrogen and oxygen atoms in total. The Balaban J connectivity index is 0.00000280.